The summed E-state index contributed by atoms with van der Waals surface area (Å²) in [6.07, 6.45) is 0. The molecule has 1 heterocycles. The molecule has 6 nitrogen and oxygen atoms in total. The van der Waals surface area contributed by atoms with Crippen molar-refractivity contribution < 1.29 is 10.0 Å². The fraction of sp³-hybridized carbons (Fsp3) is 0.0357. The van der Waals surface area contributed by atoms with Crippen LogP contribution < -0.4 is 11.0 Å². The van der Waals surface area contributed by atoms with Gasteiger partial charge in [-0.1, -0.05) is 78.9 Å². The van der Waals surface area contributed by atoms with E-state index in [4.69, 9.17) is 5.21 Å². The first-order valence-corrected chi connectivity index (χ1v) is 10.8. The van der Waals surface area contributed by atoms with Crippen LogP contribution in [0.1, 0.15) is 15.9 Å². The number of benzene rings is 4. The summed E-state index contributed by atoms with van der Waals surface area (Å²) < 4.78 is 1.70. The number of rotatable bonds is 5. The van der Waals surface area contributed by atoms with Crippen molar-refractivity contribution in [3.8, 4) is 22.4 Å². The lowest BCUT2D eigenvalue weighted by molar-refractivity contribution is 0.0706. The van der Waals surface area contributed by atoms with Crippen molar-refractivity contribution in [2.24, 2.45) is 0 Å². The highest BCUT2D eigenvalue weighted by Gasteiger charge is 2.14. The molecule has 0 spiro atoms. The maximum Gasteiger partial charge on any atom is 0.277 e. The average molecular weight is 447 g/mol. The number of aromatic nitrogens is 2. The van der Waals surface area contributed by atoms with Gasteiger partial charge in [0.25, 0.3) is 11.5 Å². The Morgan fingerprint density at radius 1 is 0.765 bits per heavy atom. The molecule has 0 saturated carbocycles. The van der Waals surface area contributed by atoms with E-state index in [2.05, 4.69) is 4.98 Å². The summed E-state index contributed by atoms with van der Waals surface area (Å²) in [7, 11) is 0. The van der Waals surface area contributed by atoms with Crippen molar-refractivity contribution in [1.82, 2.24) is 15.0 Å². The minimum absolute atomic E-state index is 0.191. The van der Waals surface area contributed by atoms with Crippen molar-refractivity contribution in [2.75, 3.05) is 0 Å². The fourth-order valence-electron chi connectivity index (χ4n) is 4.00. The third-order valence-electron chi connectivity index (χ3n) is 5.78. The molecule has 0 aliphatic heterocycles. The van der Waals surface area contributed by atoms with Crippen molar-refractivity contribution in [2.45, 2.75) is 6.54 Å². The molecule has 6 heteroatoms. The number of hydroxylamine groups is 1. The van der Waals surface area contributed by atoms with Gasteiger partial charge in [0.1, 0.15) is 5.69 Å². The van der Waals surface area contributed by atoms with Crippen LogP contribution in [0.15, 0.2) is 108 Å². The largest absolute Gasteiger partial charge is 0.300 e. The number of nitrogens with zero attached hydrogens (tertiary/aromatic N) is 2. The third-order valence-corrected chi connectivity index (χ3v) is 5.78. The first-order valence-electron chi connectivity index (χ1n) is 10.8. The lowest BCUT2D eigenvalue weighted by Gasteiger charge is -2.13. The highest BCUT2D eigenvalue weighted by Crippen LogP contribution is 2.24. The molecule has 166 valence electrons. The van der Waals surface area contributed by atoms with Crippen LogP contribution in [0.5, 0.6) is 0 Å². The fourth-order valence-corrected chi connectivity index (χ4v) is 4.00. The quantitative estimate of drug-likeness (QED) is 0.297. The molecule has 0 unspecified atom stereocenters. The Kier molecular flexibility index (Phi) is 5.72. The number of amides is 1. The molecule has 1 amide bonds. The second-order valence-corrected chi connectivity index (χ2v) is 7.92. The van der Waals surface area contributed by atoms with Crippen molar-refractivity contribution >= 4 is 16.9 Å². The maximum atomic E-state index is 13.6. The number of fused-ring (bicyclic) bond motifs is 1. The number of hydrogen-bond donors (Lipinski definition) is 2. The normalized spacial score (nSPS) is 10.9. The van der Waals surface area contributed by atoms with Crippen LogP contribution in [0.2, 0.25) is 0 Å². The van der Waals surface area contributed by atoms with E-state index in [9.17, 15) is 9.59 Å². The molecule has 0 aliphatic carbocycles. The first-order chi connectivity index (χ1) is 16.6. The minimum atomic E-state index is -0.584. The zero-order chi connectivity index (χ0) is 23.5. The van der Waals surface area contributed by atoms with Crippen LogP contribution in [0.25, 0.3) is 33.4 Å². The van der Waals surface area contributed by atoms with Crippen molar-refractivity contribution in [1.29, 1.82) is 0 Å². The predicted octanol–water partition coefficient (Wildman–Crippen LogP) is 4.90. The van der Waals surface area contributed by atoms with E-state index in [-0.39, 0.29) is 5.56 Å². The van der Waals surface area contributed by atoms with E-state index < -0.39 is 5.91 Å². The molecular weight excluding hydrogens is 426 g/mol. The van der Waals surface area contributed by atoms with Gasteiger partial charge in [0.2, 0.25) is 0 Å². The Balaban J connectivity index is 1.56. The van der Waals surface area contributed by atoms with E-state index >= 15 is 0 Å². The van der Waals surface area contributed by atoms with Crippen molar-refractivity contribution in [3.63, 3.8) is 0 Å². The molecule has 0 atom stereocenters. The Bertz CT molecular complexity index is 1520. The van der Waals surface area contributed by atoms with Crippen LogP contribution in [0.3, 0.4) is 0 Å². The number of nitrogens with one attached hydrogen (secondary N) is 1. The van der Waals surface area contributed by atoms with Gasteiger partial charge in [0, 0.05) is 11.1 Å². The molecule has 2 N–H and O–H groups in total. The van der Waals surface area contributed by atoms with E-state index in [0.717, 1.165) is 33.3 Å². The molecule has 0 bridgehead atoms. The Hall–Kier alpha value is -4.55. The number of hydrogen-bond acceptors (Lipinski definition) is 4. The lowest BCUT2D eigenvalue weighted by Crippen LogP contribution is -2.24. The van der Waals surface area contributed by atoms with Crippen LogP contribution in [-0.4, -0.2) is 20.7 Å². The van der Waals surface area contributed by atoms with Gasteiger partial charge < -0.3 is 4.57 Å². The molecule has 0 fully saturated rings. The smallest absolute Gasteiger partial charge is 0.277 e. The minimum Gasteiger partial charge on any atom is -0.300 e. The van der Waals surface area contributed by atoms with Gasteiger partial charge in [0.05, 0.1) is 17.6 Å². The second kappa shape index (κ2) is 9.13. The number of carbonyl (C=O) groups excluding carboxylic acids is 1. The van der Waals surface area contributed by atoms with Crippen LogP contribution in [-0.2, 0) is 6.54 Å². The number of para-hydroxylation sites is 2. The average Bonchev–Trinajstić information content (AvgIpc) is 2.90. The monoisotopic (exact) mass is 447 g/mol. The zero-order valence-corrected chi connectivity index (χ0v) is 18.2. The molecule has 0 saturated heterocycles. The lowest BCUT2D eigenvalue weighted by atomic mass is 10.0. The molecule has 0 aliphatic rings. The molecule has 34 heavy (non-hydrogen) atoms. The first kappa shape index (κ1) is 21.3. The summed E-state index contributed by atoms with van der Waals surface area (Å²) in [6.45, 7) is 0.317. The zero-order valence-electron chi connectivity index (χ0n) is 18.2. The van der Waals surface area contributed by atoms with E-state index in [0.29, 0.717) is 17.8 Å². The molecular formula is C28H21N3O3. The third kappa shape index (κ3) is 4.10. The summed E-state index contributed by atoms with van der Waals surface area (Å²) in [4.78, 5) is 29.9. The summed E-state index contributed by atoms with van der Waals surface area (Å²) in [5.74, 6) is -0.584. The van der Waals surface area contributed by atoms with Crippen LogP contribution in [0.4, 0.5) is 0 Å². The summed E-state index contributed by atoms with van der Waals surface area (Å²) >= 11 is 0. The Morgan fingerprint density at radius 2 is 1.38 bits per heavy atom. The molecule has 0 radical (unpaired) electrons. The molecule has 1 aromatic heterocycles. The summed E-state index contributed by atoms with van der Waals surface area (Å²) in [6, 6.07) is 32.2. The SMILES string of the molecule is O=C(NO)c1ccc(Cn2c(=O)c(-c3ccc(-c4ccccc4)cc3)nc3ccccc32)cc1. The van der Waals surface area contributed by atoms with Crippen LogP contribution in [0, 0.1) is 0 Å². The highest BCUT2D eigenvalue weighted by atomic mass is 16.5. The van der Waals surface area contributed by atoms with Gasteiger partial charge in [-0.25, -0.2) is 10.5 Å². The summed E-state index contributed by atoms with van der Waals surface area (Å²) in [5.41, 5.74) is 7.37. The maximum absolute atomic E-state index is 13.6. The predicted molar refractivity (Wildman–Crippen MR) is 132 cm³/mol. The standard InChI is InChI=1S/C28H21N3O3/c32-27(30-34)23-12-10-19(11-13-23)18-31-25-9-5-4-8-24(25)29-26(28(31)33)22-16-14-21(15-17-22)20-6-2-1-3-7-20/h1-17,34H,18H2,(H,30,32). The van der Waals surface area contributed by atoms with Gasteiger partial charge in [-0.15, -0.1) is 0 Å². The second-order valence-electron chi connectivity index (χ2n) is 7.92. The Labute approximate surface area is 195 Å². The summed E-state index contributed by atoms with van der Waals surface area (Å²) in [5, 5.41) is 8.82. The van der Waals surface area contributed by atoms with Gasteiger partial charge in [0.15, 0.2) is 0 Å². The van der Waals surface area contributed by atoms with Crippen molar-refractivity contribution in [3.05, 3.63) is 125 Å². The van der Waals surface area contributed by atoms with Gasteiger partial charge >= 0.3 is 0 Å². The molecule has 5 rings (SSSR count). The Morgan fingerprint density at radius 3 is 2.09 bits per heavy atom. The molecule has 5 aromatic rings. The van der Waals surface area contributed by atoms with E-state index in [1.54, 1.807) is 34.3 Å². The highest BCUT2D eigenvalue weighted by molar-refractivity contribution is 5.93. The van der Waals surface area contributed by atoms with E-state index in [1.165, 1.54) is 0 Å². The van der Waals surface area contributed by atoms with Gasteiger partial charge in [-0.3, -0.25) is 14.8 Å². The van der Waals surface area contributed by atoms with Crippen LogP contribution >= 0.6 is 0 Å². The molecule has 4 aromatic carbocycles. The van der Waals surface area contributed by atoms with Gasteiger partial charge in [-0.2, -0.15) is 0 Å². The van der Waals surface area contributed by atoms with Gasteiger partial charge in [-0.05, 0) is 41.0 Å². The topological polar surface area (TPSA) is 84.2 Å². The van der Waals surface area contributed by atoms with E-state index in [1.807, 2.05) is 78.9 Å². The number of carbonyl (C=O) groups is 1.